The van der Waals surface area contributed by atoms with Crippen LogP contribution in [-0.2, 0) is 6.54 Å². The van der Waals surface area contributed by atoms with Gasteiger partial charge in [-0.2, -0.15) is 0 Å². The number of hydrogen-bond acceptors (Lipinski definition) is 3. The number of aromatic nitrogens is 1. The summed E-state index contributed by atoms with van der Waals surface area (Å²) < 4.78 is 0. The normalized spacial score (nSPS) is 10.3. The van der Waals surface area contributed by atoms with Crippen molar-refractivity contribution in [2.75, 3.05) is 7.05 Å². The smallest absolute Gasteiger partial charge is 0.336 e. The number of carbonyl (C=O) groups is 2. The Labute approximate surface area is 151 Å². The summed E-state index contributed by atoms with van der Waals surface area (Å²) in [4.78, 5) is 29.3. The van der Waals surface area contributed by atoms with E-state index in [1.807, 2.05) is 30.3 Å². The Morgan fingerprint density at radius 2 is 1.62 bits per heavy atom. The van der Waals surface area contributed by atoms with Gasteiger partial charge in [0.25, 0.3) is 5.91 Å². The number of carboxylic acid groups (broad SMARTS) is 1. The van der Waals surface area contributed by atoms with Crippen LogP contribution in [0.25, 0.3) is 11.1 Å². The van der Waals surface area contributed by atoms with Crippen molar-refractivity contribution in [1.82, 2.24) is 9.88 Å². The zero-order valence-electron chi connectivity index (χ0n) is 14.3. The molecule has 2 aromatic carbocycles. The molecule has 5 heteroatoms. The molecule has 0 bridgehead atoms. The van der Waals surface area contributed by atoms with E-state index in [9.17, 15) is 14.7 Å². The van der Waals surface area contributed by atoms with Crippen molar-refractivity contribution in [3.63, 3.8) is 0 Å². The van der Waals surface area contributed by atoms with Crippen molar-refractivity contribution < 1.29 is 14.7 Å². The predicted molar refractivity (Wildman–Crippen MR) is 98.9 cm³/mol. The van der Waals surface area contributed by atoms with E-state index in [2.05, 4.69) is 4.98 Å². The van der Waals surface area contributed by atoms with Crippen molar-refractivity contribution in [2.24, 2.45) is 0 Å². The molecule has 0 fully saturated rings. The molecule has 0 aliphatic heterocycles. The Morgan fingerprint density at radius 3 is 2.27 bits per heavy atom. The van der Waals surface area contributed by atoms with E-state index in [-0.39, 0.29) is 11.5 Å². The molecule has 0 spiro atoms. The summed E-state index contributed by atoms with van der Waals surface area (Å²) >= 11 is 0. The van der Waals surface area contributed by atoms with Crippen LogP contribution in [0.4, 0.5) is 0 Å². The van der Waals surface area contributed by atoms with Crippen molar-refractivity contribution in [3.8, 4) is 11.1 Å². The SMILES string of the molecule is CN(Cc1ccc(-c2ccccc2C(=O)O)cc1)C(=O)c1ccncc1. The van der Waals surface area contributed by atoms with Gasteiger partial charge < -0.3 is 10.0 Å². The third kappa shape index (κ3) is 3.78. The summed E-state index contributed by atoms with van der Waals surface area (Å²) in [5.74, 6) is -1.03. The Kier molecular flexibility index (Phi) is 5.08. The van der Waals surface area contributed by atoms with Gasteiger partial charge in [-0.3, -0.25) is 9.78 Å². The van der Waals surface area contributed by atoms with Gasteiger partial charge in [-0.25, -0.2) is 4.79 Å². The third-order valence-electron chi connectivity index (χ3n) is 4.12. The fourth-order valence-corrected chi connectivity index (χ4v) is 2.77. The molecule has 0 atom stereocenters. The topological polar surface area (TPSA) is 70.5 Å². The van der Waals surface area contributed by atoms with Crippen LogP contribution in [-0.4, -0.2) is 33.9 Å². The molecule has 5 nitrogen and oxygen atoms in total. The quantitative estimate of drug-likeness (QED) is 0.764. The van der Waals surface area contributed by atoms with Crippen molar-refractivity contribution in [1.29, 1.82) is 0 Å². The van der Waals surface area contributed by atoms with Crippen LogP contribution >= 0.6 is 0 Å². The first-order valence-corrected chi connectivity index (χ1v) is 8.13. The van der Waals surface area contributed by atoms with Gasteiger partial charge in [0.05, 0.1) is 5.56 Å². The van der Waals surface area contributed by atoms with E-state index < -0.39 is 5.97 Å². The van der Waals surface area contributed by atoms with E-state index in [0.29, 0.717) is 17.7 Å². The number of amides is 1. The van der Waals surface area contributed by atoms with Gasteiger partial charge in [0.2, 0.25) is 0 Å². The van der Waals surface area contributed by atoms with Crippen LogP contribution in [0, 0.1) is 0 Å². The van der Waals surface area contributed by atoms with Gasteiger partial charge in [0.15, 0.2) is 0 Å². The van der Waals surface area contributed by atoms with Gasteiger partial charge in [0.1, 0.15) is 0 Å². The molecule has 1 heterocycles. The molecule has 1 N–H and O–H groups in total. The first kappa shape index (κ1) is 17.4. The summed E-state index contributed by atoms with van der Waals surface area (Å²) in [7, 11) is 1.75. The molecule has 0 aliphatic rings. The van der Waals surface area contributed by atoms with E-state index in [1.165, 1.54) is 0 Å². The van der Waals surface area contributed by atoms with E-state index in [1.54, 1.807) is 54.7 Å². The molecule has 1 aromatic heterocycles. The fourth-order valence-electron chi connectivity index (χ4n) is 2.77. The number of aromatic carboxylic acids is 1. The second kappa shape index (κ2) is 7.61. The van der Waals surface area contributed by atoms with Crippen LogP contribution in [0.1, 0.15) is 26.3 Å². The van der Waals surface area contributed by atoms with Crippen LogP contribution in [0.2, 0.25) is 0 Å². The largest absolute Gasteiger partial charge is 0.478 e. The molecule has 3 rings (SSSR count). The average Bonchev–Trinajstić information content (AvgIpc) is 2.68. The van der Waals surface area contributed by atoms with Crippen molar-refractivity contribution in [2.45, 2.75) is 6.54 Å². The predicted octanol–water partition coefficient (Wildman–Crippen LogP) is 3.72. The minimum absolute atomic E-state index is 0.0762. The first-order valence-electron chi connectivity index (χ1n) is 8.13. The van der Waals surface area contributed by atoms with Crippen molar-refractivity contribution in [3.05, 3.63) is 89.7 Å². The molecular weight excluding hydrogens is 328 g/mol. The molecule has 130 valence electrons. The summed E-state index contributed by atoms with van der Waals surface area (Å²) in [5.41, 5.74) is 3.33. The second-order valence-electron chi connectivity index (χ2n) is 5.94. The number of carbonyl (C=O) groups excluding carboxylic acids is 1. The lowest BCUT2D eigenvalue weighted by molar-refractivity contribution is 0.0697. The number of hydrogen-bond donors (Lipinski definition) is 1. The lowest BCUT2D eigenvalue weighted by Gasteiger charge is -2.17. The lowest BCUT2D eigenvalue weighted by Crippen LogP contribution is -2.26. The maximum absolute atomic E-state index is 12.4. The molecule has 0 saturated heterocycles. The van der Waals surface area contributed by atoms with Gasteiger partial charge in [-0.15, -0.1) is 0 Å². The summed E-state index contributed by atoms with van der Waals surface area (Å²) in [5, 5.41) is 9.32. The molecule has 0 aliphatic carbocycles. The molecular formula is C21H18N2O3. The molecule has 0 unspecified atom stereocenters. The van der Waals surface area contributed by atoms with Crippen LogP contribution in [0.5, 0.6) is 0 Å². The Morgan fingerprint density at radius 1 is 0.962 bits per heavy atom. The number of nitrogens with zero attached hydrogens (tertiary/aromatic N) is 2. The highest BCUT2D eigenvalue weighted by Crippen LogP contribution is 2.24. The maximum atomic E-state index is 12.4. The zero-order valence-corrected chi connectivity index (χ0v) is 14.3. The number of carboxylic acids is 1. The van der Waals surface area contributed by atoms with Crippen molar-refractivity contribution >= 4 is 11.9 Å². The van der Waals surface area contributed by atoms with Crippen LogP contribution < -0.4 is 0 Å². The van der Waals surface area contributed by atoms with E-state index in [0.717, 1.165) is 11.1 Å². The van der Waals surface area contributed by atoms with Gasteiger partial charge in [-0.1, -0.05) is 42.5 Å². The lowest BCUT2D eigenvalue weighted by atomic mass is 9.98. The standard InChI is InChI=1S/C21H18N2O3/c1-23(20(24)17-10-12-22-13-11-17)14-15-6-8-16(9-7-15)18-4-2-3-5-19(18)21(25)26/h2-13H,14H2,1H3,(H,25,26). The summed E-state index contributed by atoms with van der Waals surface area (Å²) in [6, 6.07) is 17.8. The van der Waals surface area contributed by atoms with E-state index >= 15 is 0 Å². The highest BCUT2D eigenvalue weighted by atomic mass is 16.4. The minimum atomic E-state index is -0.952. The molecule has 0 saturated carbocycles. The fraction of sp³-hybridized carbons (Fsp3) is 0.0952. The summed E-state index contributed by atoms with van der Waals surface area (Å²) in [6.45, 7) is 0.460. The van der Waals surface area contributed by atoms with Gasteiger partial charge in [0, 0.05) is 31.5 Å². The van der Waals surface area contributed by atoms with E-state index in [4.69, 9.17) is 0 Å². The minimum Gasteiger partial charge on any atom is -0.478 e. The number of pyridine rings is 1. The molecule has 0 radical (unpaired) electrons. The number of benzene rings is 2. The molecule has 3 aromatic rings. The third-order valence-corrected chi connectivity index (χ3v) is 4.12. The zero-order chi connectivity index (χ0) is 18.5. The maximum Gasteiger partial charge on any atom is 0.336 e. The summed E-state index contributed by atoms with van der Waals surface area (Å²) in [6.07, 6.45) is 3.19. The Bertz CT molecular complexity index is 922. The first-order chi connectivity index (χ1) is 12.6. The molecule has 26 heavy (non-hydrogen) atoms. The van der Waals surface area contributed by atoms with Crippen LogP contribution in [0.3, 0.4) is 0 Å². The Hall–Kier alpha value is -3.47. The van der Waals surface area contributed by atoms with Gasteiger partial charge >= 0.3 is 5.97 Å². The average molecular weight is 346 g/mol. The monoisotopic (exact) mass is 346 g/mol. The second-order valence-corrected chi connectivity index (χ2v) is 5.94. The highest BCUT2D eigenvalue weighted by molar-refractivity contribution is 5.96. The highest BCUT2D eigenvalue weighted by Gasteiger charge is 2.13. The number of rotatable bonds is 5. The van der Waals surface area contributed by atoms with Gasteiger partial charge in [-0.05, 0) is 34.9 Å². The molecule has 1 amide bonds. The van der Waals surface area contributed by atoms with Crippen LogP contribution in [0.15, 0.2) is 73.1 Å². The Balaban J connectivity index is 1.76.